The van der Waals surface area contributed by atoms with Crippen LogP contribution in [0, 0.1) is 11.3 Å². The smallest absolute Gasteiger partial charge is 0.266 e. The lowest BCUT2D eigenvalue weighted by atomic mass is 9.92. The van der Waals surface area contributed by atoms with Crippen LogP contribution in [-0.2, 0) is 11.2 Å². The number of nitrogens with zero attached hydrogens (tertiary/aromatic N) is 1. The number of nitriles is 1. The average Bonchev–Trinajstić information content (AvgIpc) is 2.73. The molecule has 0 bridgehead atoms. The van der Waals surface area contributed by atoms with E-state index in [1.807, 2.05) is 6.07 Å². The van der Waals surface area contributed by atoms with Crippen molar-refractivity contribution in [2.45, 2.75) is 36.9 Å². The molecule has 0 unspecified atom stereocenters. The third-order valence-electron chi connectivity index (χ3n) is 5.01. The van der Waals surface area contributed by atoms with Crippen molar-refractivity contribution in [2.75, 3.05) is 13.7 Å². The number of hydrogen-bond acceptors (Lipinski definition) is 8. The van der Waals surface area contributed by atoms with Gasteiger partial charge in [0, 0.05) is 17.7 Å². The maximum absolute atomic E-state index is 12.4. The van der Waals surface area contributed by atoms with Gasteiger partial charge in [0.15, 0.2) is 0 Å². The normalized spacial score (nSPS) is 26.7. The summed E-state index contributed by atoms with van der Waals surface area (Å²) in [6.07, 6.45) is -6.40. The second-order valence-corrected chi connectivity index (χ2v) is 6.82. The van der Waals surface area contributed by atoms with Crippen LogP contribution < -0.4 is 10.3 Å². The highest BCUT2D eigenvalue weighted by Crippen LogP contribution is 2.27. The monoisotopic (exact) mass is 402 g/mol. The summed E-state index contributed by atoms with van der Waals surface area (Å²) in [5.74, 6) is 0.624. The molecule has 1 aromatic heterocycles. The number of nitrogens with one attached hydrogen (secondary N) is 1. The fourth-order valence-corrected chi connectivity index (χ4v) is 3.40. The number of aliphatic hydroxyl groups excluding tert-OH is 4. The second-order valence-electron chi connectivity index (χ2n) is 6.82. The van der Waals surface area contributed by atoms with Crippen molar-refractivity contribution in [3.63, 3.8) is 0 Å². The largest absolute Gasteiger partial charge is 0.497 e. The molecular weight excluding hydrogens is 380 g/mol. The van der Waals surface area contributed by atoms with Crippen LogP contribution in [0.5, 0.6) is 5.75 Å². The van der Waals surface area contributed by atoms with Crippen molar-refractivity contribution >= 4 is 0 Å². The van der Waals surface area contributed by atoms with Gasteiger partial charge in [-0.3, -0.25) is 4.79 Å². The Bertz CT molecular complexity index is 949. The molecule has 0 aliphatic carbocycles. The van der Waals surface area contributed by atoms with Gasteiger partial charge in [0.25, 0.3) is 5.56 Å². The first kappa shape index (κ1) is 21.0. The van der Waals surface area contributed by atoms with Gasteiger partial charge in [-0.15, -0.1) is 0 Å². The molecule has 1 saturated heterocycles. The van der Waals surface area contributed by atoms with E-state index in [9.17, 15) is 30.5 Å². The number of aromatic nitrogens is 1. The Morgan fingerprint density at radius 3 is 2.38 bits per heavy atom. The number of aliphatic hydroxyl groups is 4. The van der Waals surface area contributed by atoms with E-state index in [0.29, 0.717) is 22.6 Å². The predicted molar refractivity (Wildman–Crippen MR) is 101 cm³/mol. The summed E-state index contributed by atoms with van der Waals surface area (Å²) < 4.78 is 10.6. The van der Waals surface area contributed by atoms with Crippen molar-refractivity contribution in [3.05, 3.63) is 51.9 Å². The van der Waals surface area contributed by atoms with E-state index in [4.69, 9.17) is 9.47 Å². The zero-order valence-corrected chi connectivity index (χ0v) is 15.6. The minimum absolute atomic E-state index is 0.00838. The van der Waals surface area contributed by atoms with Crippen molar-refractivity contribution in [2.24, 2.45) is 0 Å². The van der Waals surface area contributed by atoms with E-state index in [2.05, 4.69) is 4.98 Å². The number of ether oxygens (including phenoxy) is 2. The number of benzene rings is 1. The second kappa shape index (κ2) is 8.73. The summed E-state index contributed by atoms with van der Waals surface area (Å²) in [4.78, 5) is 15.0. The number of pyridine rings is 1. The van der Waals surface area contributed by atoms with Gasteiger partial charge in [0.05, 0.1) is 19.8 Å². The van der Waals surface area contributed by atoms with Crippen LogP contribution in [0.1, 0.15) is 11.3 Å². The number of rotatable bonds is 5. The Hall–Kier alpha value is -2.74. The molecule has 0 saturated carbocycles. The van der Waals surface area contributed by atoms with Crippen molar-refractivity contribution in [1.82, 2.24) is 4.98 Å². The van der Waals surface area contributed by atoms with Crippen LogP contribution in [0.25, 0.3) is 11.1 Å². The number of aromatic amines is 1. The van der Waals surface area contributed by atoms with Gasteiger partial charge in [-0.25, -0.2) is 0 Å². The Morgan fingerprint density at radius 2 is 1.79 bits per heavy atom. The molecule has 0 spiro atoms. The van der Waals surface area contributed by atoms with Crippen molar-refractivity contribution in [1.29, 1.82) is 5.26 Å². The highest BCUT2D eigenvalue weighted by molar-refractivity contribution is 5.70. The summed E-state index contributed by atoms with van der Waals surface area (Å²) >= 11 is 0. The lowest BCUT2D eigenvalue weighted by molar-refractivity contribution is -0.228. The predicted octanol–water partition coefficient (Wildman–Crippen LogP) is -0.693. The van der Waals surface area contributed by atoms with Crippen LogP contribution in [0.15, 0.2) is 35.1 Å². The van der Waals surface area contributed by atoms with Crippen molar-refractivity contribution < 1.29 is 29.9 Å². The van der Waals surface area contributed by atoms with Gasteiger partial charge in [0.2, 0.25) is 0 Å². The highest BCUT2D eigenvalue weighted by Gasteiger charge is 2.43. The molecule has 3 rings (SSSR count). The molecule has 5 atom stereocenters. The number of methoxy groups -OCH3 is 1. The van der Waals surface area contributed by atoms with Gasteiger partial charge in [-0.05, 0) is 23.8 Å². The van der Waals surface area contributed by atoms with Crippen molar-refractivity contribution in [3.8, 4) is 22.9 Å². The summed E-state index contributed by atoms with van der Waals surface area (Å²) in [7, 11) is 1.53. The summed E-state index contributed by atoms with van der Waals surface area (Å²) in [5.41, 5.74) is 0.735. The van der Waals surface area contributed by atoms with E-state index in [0.717, 1.165) is 0 Å². The summed E-state index contributed by atoms with van der Waals surface area (Å²) in [6, 6.07) is 10.3. The van der Waals surface area contributed by atoms with Crippen LogP contribution in [0.4, 0.5) is 0 Å². The van der Waals surface area contributed by atoms with Crippen LogP contribution >= 0.6 is 0 Å². The molecule has 5 N–H and O–H groups in total. The van der Waals surface area contributed by atoms with E-state index >= 15 is 0 Å². The van der Waals surface area contributed by atoms with Gasteiger partial charge in [-0.1, -0.05) is 12.1 Å². The molecule has 1 fully saturated rings. The minimum Gasteiger partial charge on any atom is -0.497 e. The molecule has 29 heavy (non-hydrogen) atoms. The summed E-state index contributed by atoms with van der Waals surface area (Å²) in [5, 5.41) is 48.8. The fourth-order valence-electron chi connectivity index (χ4n) is 3.40. The van der Waals surface area contributed by atoms with E-state index in [-0.39, 0.29) is 12.0 Å². The van der Waals surface area contributed by atoms with Crippen LogP contribution in [0.2, 0.25) is 0 Å². The van der Waals surface area contributed by atoms with E-state index in [1.165, 1.54) is 7.11 Å². The standard InChI is InChI=1S/C20H22N2O7/c1-28-12-4-2-10(3-5-12)13-6-11(22-20(27)14(13)8-21)7-15-17(24)19(26)18(25)16(9-23)29-15/h2-6,15-19,23-26H,7,9H2,1H3,(H,22,27)/t15-,16+,17-,18+,19+/m0/s1. The lowest BCUT2D eigenvalue weighted by Crippen LogP contribution is -2.59. The maximum atomic E-state index is 12.4. The minimum atomic E-state index is -1.50. The average molecular weight is 402 g/mol. The number of hydrogen-bond donors (Lipinski definition) is 5. The van der Waals surface area contributed by atoms with Gasteiger partial charge in [0.1, 0.15) is 41.8 Å². The maximum Gasteiger partial charge on any atom is 0.266 e. The fraction of sp³-hybridized carbons (Fsp3) is 0.400. The third-order valence-corrected chi connectivity index (χ3v) is 5.01. The Balaban J connectivity index is 1.95. The first-order valence-electron chi connectivity index (χ1n) is 9.00. The Morgan fingerprint density at radius 1 is 1.14 bits per heavy atom. The molecule has 1 aliphatic heterocycles. The SMILES string of the molecule is COc1ccc(-c2cc(C[C@@H]3O[C@H](CO)[C@@H](O)[C@H](O)[C@H]3O)[nH]c(=O)c2C#N)cc1. The first-order chi connectivity index (χ1) is 13.9. The van der Waals surface area contributed by atoms with Gasteiger partial charge in [-0.2, -0.15) is 5.26 Å². The molecule has 2 heterocycles. The quantitative estimate of drug-likeness (QED) is 0.440. The molecular formula is C20H22N2O7. The number of H-pyrrole nitrogens is 1. The highest BCUT2D eigenvalue weighted by atomic mass is 16.5. The molecule has 154 valence electrons. The molecule has 2 aromatic rings. The topological polar surface area (TPSA) is 156 Å². The molecule has 9 heteroatoms. The van der Waals surface area contributed by atoms with E-state index < -0.39 is 42.7 Å². The molecule has 1 aliphatic rings. The third kappa shape index (κ3) is 4.17. The van der Waals surface area contributed by atoms with Gasteiger partial charge < -0.3 is 34.9 Å². The molecule has 0 radical (unpaired) electrons. The molecule has 9 nitrogen and oxygen atoms in total. The first-order valence-corrected chi connectivity index (χ1v) is 9.00. The zero-order chi connectivity index (χ0) is 21.1. The lowest BCUT2D eigenvalue weighted by Gasteiger charge is -2.40. The zero-order valence-electron chi connectivity index (χ0n) is 15.6. The van der Waals surface area contributed by atoms with Crippen LogP contribution in [-0.4, -0.2) is 69.6 Å². The van der Waals surface area contributed by atoms with Crippen LogP contribution in [0.3, 0.4) is 0 Å². The Kier molecular flexibility index (Phi) is 6.32. The molecule has 1 aromatic carbocycles. The van der Waals surface area contributed by atoms with Gasteiger partial charge >= 0.3 is 0 Å². The molecule has 0 amide bonds. The Labute approximate surface area is 166 Å². The van der Waals surface area contributed by atoms with E-state index in [1.54, 1.807) is 30.3 Å². The summed E-state index contributed by atoms with van der Waals surface area (Å²) in [6.45, 7) is -0.539.